The van der Waals surface area contributed by atoms with Crippen molar-refractivity contribution in [2.24, 2.45) is 0 Å². The van der Waals surface area contributed by atoms with Crippen LogP contribution in [0.25, 0.3) is 0 Å². The van der Waals surface area contributed by atoms with E-state index in [1.807, 2.05) is 6.92 Å². The highest BCUT2D eigenvalue weighted by Crippen LogP contribution is 2.31. The minimum atomic E-state index is -0.486. The van der Waals surface area contributed by atoms with Crippen LogP contribution in [0.2, 0.25) is 0 Å². The molecule has 0 spiro atoms. The van der Waals surface area contributed by atoms with Crippen LogP contribution in [0.1, 0.15) is 13.3 Å². The minimum Gasteiger partial charge on any atom is -0.396 e. The smallest absolute Gasteiger partial charge is 0.301 e. The molecule has 0 radical (unpaired) electrons. The number of aromatic nitrogens is 1. The Labute approximate surface area is 97.0 Å². The number of pyridine rings is 1. The number of aliphatic hydroxyl groups excluding tert-OH is 1. The maximum Gasteiger partial charge on any atom is 0.301 e. The molecular formula is C9H13N3O3S. The maximum atomic E-state index is 10.7. The average Bonchev–Trinajstić information content (AvgIpc) is 2.17. The molecule has 1 atom stereocenters. The summed E-state index contributed by atoms with van der Waals surface area (Å²) in [5, 5.41) is 19.8. The summed E-state index contributed by atoms with van der Waals surface area (Å²) >= 11 is 1.24. The van der Waals surface area contributed by atoms with Crippen molar-refractivity contribution in [3.05, 3.63) is 22.2 Å². The summed E-state index contributed by atoms with van der Waals surface area (Å²) < 4.78 is 0. The van der Waals surface area contributed by atoms with Gasteiger partial charge in [0, 0.05) is 17.9 Å². The third-order valence-electron chi connectivity index (χ3n) is 1.91. The van der Waals surface area contributed by atoms with Crippen LogP contribution in [0.3, 0.4) is 0 Å². The summed E-state index contributed by atoms with van der Waals surface area (Å²) in [5.74, 6) is 0.254. The highest BCUT2D eigenvalue weighted by Gasteiger charge is 2.18. The zero-order chi connectivity index (χ0) is 12.1. The standard InChI is InChI=1S/C9H13N3O3S/c1-6(4-5-13)16-9-7(12(14)15)2-3-8(10)11-9/h2-3,6,13H,4-5H2,1H3,(H2,10,11). The van der Waals surface area contributed by atoms with Gasteiger partial charge in [-0.1, -0.05) is 18.7 Å². The quantitative estimate of drug-likeness (QED) is 0.461. The molecule has 0 saturated heterocycles. The van der Waals surface area contributed by atoms with Crippen molar-refractivity contribution in [2.75, 3.05) is 12.3 Å². The number of hydrogen-bond acceptors (Lipinski definition) is 6. The van der Waals surface area contributed by atoms with Gasteiger partial charge in [0.2, 0.25) is 0 Å². The van der Waals surface area contributed by atoms with E-state index in [-0.39, 0.29) is 23.4 Å². The number of nitrogens with zero attached hydrogens (tertiary/aromatic N) is 2. The van der Waals surface area contributed by atoms with E-state index < -0.39 is 4.92 Å². The number of hydrogen-bond donors (Lipinski definition) is 2. The summed E-state index contributed by atoms with van der Waals surface area (Å²) in [6.45, 7) is 1.92. The number of nitro groups is 1. The molecule has 0 bridgehead atoms. The molecule has 0 saturated carbocycles. The lowest BCUT2D eigenvalue weighted by Crippen LogP contribution is -2.03. The normalized spacial score (nSPS) is 12.4. The topological polar surface area (TPSA) is 102 Å². The Balaban J connectivity index is 2.92. The molecule has 6 nitrogen and oxygen atoms in total. The second-order valence-electron chi connectivity index (χ2n) is 3.26. The number of anilines is 1. The number of thioether (sulfide) groups is 1. The second-order valence-corrected chi connectivity index (χ2v) is 4.69. The third kappa shape index (κ3) is 3.35. The van der Waals surface area contributed by atoms with E-state index in [1.165, 1.54) is 23.9 Å². The fraction of sp³-hybridized carbons (Fsp3) is 0.444. The van der Waals surface area contributed by atoms with E-state index in [1.54, 1.807) is 0 Å². The van der Waals surface area contributed by atoms with Gasteiger partial charge in [0.25, 0.3) is 0 Å². The Morgan fingerprint density at radius 2 is 2.38 bits per heavy atom. The van der Waals surface area contributed by atoms with Gasteiger partial charge < -0.3 is 10.8 Å². The van der Waals surface area contributed by atoms with Crippen molar-refractivity contribution in [2.45, 2.75) is 23.6 Å². The van der Waals surface area contributed by atoms with Crippen molar-refractivity contribution in [3.63, 3.8) is 0 Å². The second kappa shape index (κ2) is 5.66. The number of rotatable bonds is 5. The molecule has 0 aliphatic heterocycles. The van der Waals surface area contributed by atoms with Crippen molar-refractivity contribution in [1.29, 1.82) is 0 Å². The zero-order valence-corrected chi connectivity index (χ0v) is 9.61. The maximum absolute atomic E-state index is 10.7. The van der Waals surface area contributed by atoms with Gasteiger partial charge in [-0.2, -0.15) is 0 Å². The predicted octanol–water partition coefficient (Wildman–Crippen LogP) is 1.44. The van der Waals surface area contributed by atoms with Gasteiger partial charge in [-0.15, -0.1) is 0 Å². The van der Waals surface area contributed by atoms with Gasteiger partial charge in [0.15, 0.2) is 5.03 Å². The Morgan fingerprint density at radius 1 is 1.69 bits per heavy atom. The van der Waals surface area contributed by atoms with Crippen molar-refractivity contribution in [3.8, 4) is 0 Å². The lowest BCUT2D eigenvalue weighted by molar-refractivity contribution is -0.388. The fourth-order valence-corrected chi connectivity index (χ4v) is 2.13. The molecule has 1 aromatic rings. The van der Waals surface area contributed by atoms with Gasteiger partial charge in [0.05, 0.1) is 4.92 Å². The van der Waals surface area contributed by atoms with Gasteiger partial charge in [-0.25, -0.2) is 4.98 Å². The van der Waals surface area contributed by atoms with E-state index in [9.17, 15) is 10.1 Å². The van der Waals surface area contributed by atoms with E-state index in [4.69, 9.17) is 10.8 Å². The van der Waals surface area contributed by atoms with E-state index in [2.05, 4.69) is 4.98 Å². The predicted molar refractivity (Wildman–Crippen MR) is 62.3 cm³/mol. The Kier molecular flexibility index (Phi) is 4.51. The molecule has 7 heteroatoms. The molecule has 88 valence electrons. The van der Waals surface area contributed by atoms with E-state index in [0.717, 1.165) is 0 Å². The summed E-state index contributed by atoms with van der Waals surface area (Å²) in [4.78, 5) is 14.2. The number of nitrogen functional groups attached to an aromatic ring is 1. The van der Waals surface area contributed by atoms with E-state index >= 15 is 0 Å². The van der Waals surface area contributed by atoms with Crippen LogP contribution in [0, 0.1) is 10.1 Å². The lowest BCUT2D eigenvalue weighted by Gasteiger charge is -2.08. The Hall–Kier alpha value is -1.34. The molecule has 3 N–H and O–H groups in total. The third-order valence-corrected chi connectivity index (χ3v) is 3.07. The van der Waals surface area contributed by atoms with Gasteiger partial charge in [0.1, 0.15) is 5.82 Å². The average molecular weight is 243 g/mol. The van der Waals surface area contributed by atoms with Crippen LogP contribution < -0.4 is 5.73 Å². The fourth-order valence-electron chi connectivity index (χ4n) is 1.10. The van der Waals surface area contributed by atoms with Crippen LogP contribution in [0.5, 0.6) is 0 Å². The molecular weight excluding hydrogens is 230 g/mol. The highest BCUT2D eigenvalue weighted by molar-refractivity contribution is 8.00. The number of aliphatic hydroxyl groups is 1. The Bertz CT molecular complexity index is 386. The largest absolute Gasteiger partial charge is 0.396 e. The zero-order valence-electron chi connectivity index (χ0n) is 8.79. The summed E-state index contributed by atoms with van der Waals surface area (Å²) in [5.41, 5.74) is 5.43. The van der Waals surface area contributed by atoms with Crippen LogP contribution in [-0.2, 0) is 0 Å². The molecule has 1 unspecified atom stereocenters. The SMILES string of the molecule is CC(CCO)Sc1nc(N)ccc1[N+](=O)[O-]. The first-order valence-corrected chi connectivity index (χ1v) is 5.61. The van der Waals surface area contributed by atoms with Gasteiger partial charge >= 0.3 is 5.69 Å². The van der Waals surface area contributed by atoms with Gasteiger partial charge in [-0.05, 0) is 12.5 Å². The molecule has 0 fully saturated rings. The molecule has 1 aromatic heterocycles. The number of nitrogens with two attached hydrogens (primary N) is 1. The molecule has 0 aromatic carbocycles. The highest BCUT2D eigenvalue weighted by atomic mass is 32.2. The van der Waals surface area contributed by atoms with Gasteiger partial charge in [-0.3, -0.25) is 10.1 Å². The first-order valence-electron chi connectivity index (χ1n) is 4.73. The molecule has 1 rings (SSSR count). The van der Waals surface area contributed by atoms with Crippen LogP contribution in [0.4, 0.5) is 11.5 Å². The minimum absolute atomic E-state index is 0.0459. The summed E-state index contributed by atoms with van der Waals surface area (Å²) in [6, 6.07) is 2.75. The Morgan fingerprint density at radius 3 is 2.94 bits per heavy atom. The monoisotopic (exact) mass is 243 g/mol. The molecule has 1 heterocycles. The summed E-state index contributed by atoms with van der Waals surface area (Å²) in [7, 11) is 0. The summed E-state index contributed by atoms with van der Waals surface area (Å²) in [6.07, 6.45) is 0.554. The first-order chi connectivity index (χ1) is 7.54. The molecule has 16 heavy (non-hydrogen) atoms. The van der Waals surface area contributed by atoms with Crippen LogP contribution in [0.15, 0.2) is 17.2 Å². The first kappa shape index (κ1) is 12.7. The lowest BCUT2D eigenvalue weighted by atomic mass is 10.3. The molecule has 0 aliphatic rings. The van der Waals surface area contributed by atoms with Crippen molar-refractivity contribution in [1.82, 2.24) is 4.98 Å². The molecule has 0 aliphatic carbocycles. The van der Waals surface area contributed by atoms with Crippen LogP contribution >= 0.6 is 11.8 Å². The van der Waals surface area contributed by atoms with Crippen molar-refractivity contribution < 1.29 is 10.0 Å². The molecule has 0 amide bonds. The van der Waals surface area contributed by atoms with E-state index in [0.29, 0.717) is 11.4 Å². The van der Waals surface area contributed by atoms with Crippen molar-refractivity contribution >= 4 is 23.3 Å². The van der Waals surface area contributed by atoms with Crippen LogP contribution in [-0.4, -0.2) is 26.9 Å².